The molecule has 0 aliphatic heterocycles. The second-order valence-corrected chi connectivity index (χ2v) is 7.93. The molecule has 0 fully saturated rings. The maximum atomic E-state index is 8.98. The van der Waals surface area contributed by atoms with Crippen molar-refractivity contribution >= 4 is 10.8 Å². The van der Waals surface area contributed by atoms with E-state index in [1.807, 2.05) is 24.3 Å². The van der Waals surface area contributed by atoms with Crippen LogP contribution in [0.15, 0.2) is 109 Å². The minimum atomic E-state index is -0.508. The van der Waals surface area contributed by atoms with Gasteiger partial charge >= 0.3 is 0 Å². The van der Waals surface area contributed by atoms with Crippen LogP contribution in [0.25, 0.3) is 33.0 Å². The Morgan fingerprint density at radius 2 is 1.07 bits per heavy atom. The molecule has 0 heteroatoms. The summed E-state index contributed by atoms with van der Waals surface area (Å²) in [4.78, 5) is 0. The Morgan fingerprint density at radius 1 is 0.483 bits per heavy atom. The first kappa shape index (κ1) is 13.5. The molecule has 0 amide bonds. The molecule has 1 unspecified atom stereocenters. The summed E-state index contributed by atoms with van der Waals surface area (Å²) >= 11 is 0. The number of hydrogen-bond acceptors (Lipinski definition) is 0. The second kappa shape index (κ2) is 5.24. The van der Waals surface area contributed by atoms with E-state index in [9.17, 15) is 0 Å². The fourth-order valence-electron chi connectivity index (χ4n) is 5.68. The van der Waals surface area contributed by atoms with Crippen molar-refractivity contribution in [1.82, 2.24) is 0 Å². The topological polar surface area (TPSA) is 0 Å². The lowest BCUT2D eigenvalue weighted by molar-refractivity contribution is 0.801. The lowest BCUT2D eigenvalue weighted by Crippen LogP contribution is -2.26. The highest BCUT2D eigenvalue weighted by molar-refractivity contribution is 6.03. The zero-order valence-electron chi connectivity index (χ0n) is 17.7. The van der Waals surface area contributed by atoms with Crippen molar-refractivity contribution in [2.45, 2.75) is 5.41 Å². The molecule has 5 aromatic carbocycles. The van der Waals surface area contributed by atoms with Gasteiger partial charge in [-0.2, -0.15) is 0 Å². The van der Waals surface area contributed by atoms with Crippen LogP contribution in [0.5, 0.6) is 0 Å². The van der Waals surface area contributed by atoms with Crippen LogP contribution in [-0.2, 0) is 5.41 Å². The van der Waals surface area contributed by atoms with Crippen LogP contribution in [0, 0.1) is 0 Å². The fourth-order valence-corrected chi connectivity index (χ4v) is 5.68. The summed E-state index contributed by atoms with van der Waals surface area (Å²) in [5.41, 5.74) is 8.56. The Kier molecular flexibility index (Phi) is 2.44. The molecule has 2 aliphatic carbocycles. The molecule has 2 aliphatic rings. The van der Waals surface area contributed by atoms with E-state index < -0.39 is 5.41 Å². The molecule has 0 N–H and O–H groups in total. The van der Waals surface area contributed by atoms with Crippen LogP contribution < -0.4 is 0 Å². The van der Waals surface area contributed by atoms with E-state index in [0.717, 1.165) is 33.2 Å². The zero-order valence-corrected chi connectivity index (χ0v) is 15.7. The van der Waals surface area contributed by atoms with Gasteiger partial charge < -0.3 is 0 Å². The number of fused-ring (bicyclic) bond motifs is 12. The van der Waals surface area contributed by atoms with Gasteiger partial charge in [0.15, 0.2) is 0 Å². The Balaban J connectivity index is 1.81. The maximum absolute atomic E-state index is 8.98. The van der Waals surface area contributed by atoms with Crippen molar-refractivity contribution in [2.75, 3.05) is 0 Å². The highest BCUT2D eigenvalue weighted by atomic mass is 14.5. The van der Waals surface area contributed by atoms with E-state index >= 15 is 0 Å². The largest absolute Gasteiger partial charge is 0.0731 e. The first-order valence-electron chi connectivity index (χ1n) is 11.1. The molecule has 134 valence electrons. The van der Waals surface area contributed by atoms with Gasteiger partial charge in [-0.1, -0.05) is 109 Å². The van der Waals surface area contributed by atoms with Gasteiger partial charge in [0.2, 0.25) is 0 Å². The third kappa shape index (κ3) is 1.67. The van der Waals surface area contributed by atoms with E-state index in [4.69, 9.17) is 2.74 Å². The van der Waals surface area contributed by atoms with Crippen LogP contribution >= 0.6 is 0 Å². The molecule has 0 aromatic heterocycles. The highest BCUT2D eigenvalue weighted by Crippen LogP contribution is 2.63. The van der Waals surface area contributed by atoms with Crippen molar-refractivity contribution in [3.8, 4) is 22.3 Å². The smallest absolute Gasteiger partial charge is 0.0619 e. The monoisotopic (exact) mass is 370 g/mol. The molecular formula is C29H18. The molecular weight excluding hydrogens is 348 g/mol. The molecule has 0 nitrogen and oxygen atoms in total. The third-order valence-electron chi connectivity index (χ3n) is 6.69. The average molecular weight is 370 g/mol. The van der Waals surface area contributed by atoms with Crippen molar-refractivity contribution < 1.29 is 2.74 Å². The Bertz CT molecular complexity index is 1550. The first-order valence-corrected chi connectivity index (χ1v) is 10.1. The van der Waals surface area contributed by atoms with Crippen molar-refractivity contribution in [3.05, 3.63) is 131 Å². The SMILES string of the molecule is [3H]c1cccc2c1-c1ccccc1C21c2ccccc2-c2c([3H])cc3ccccc3c21. The molecule has 0 saturated heterocycles. The molecule has 7 rings (SSSR count). The van der Waals surface area contributed by atoms with Crippen molar-refractivity contribution in [1.29, 1.82) is 0 Å². The molecule has 1 spiro atoms. The lowest BCUT2D eigenvalue weighted by Gasteiger charge is -2.31. The molecule has 0 heterocycles. The van der Waals surface area contributed by atoms with Crippen LogP contribution in [0.3, 0.4) is 0 Å². The lowest BCUT2D eigenvalue weighted by atomic mass is 9.69. The maximum Gasteiger partial charge on any atom is 0.0731 e. The van der Waals surface area contributed by atoms with Crippen LogP contribution in [0.2, 0.25) is 0 Å². The van der Waals surface area contributed by atoms with E-state index in [-0.39, 0.29) is 0 Å². The van der Waals surface area contributed by atoms with Gasteiger partial charge in [0.05, 0.1) is 8.16 Å². The molecule has 0 bridgehead atoms. The summed E-state index contributed by atoms with van der Waals surface area (Å²) < 4.78 is 17.8. The van der Waals surface area contributed by atoms with Crippen LogP contribution in [0.1, 0.15) is 25.0 Å². The second-order valence-electron chi connectivity index (χ2n) is 7.93. The van der Waals surface area contributed by atoms with E-state index in [1.165, 1.54) is 22.1 Å². The first-order chi connectivity index (χ1) is 15.2. The summed E-state index contributed by atoms with van der Waals surface area (Å²) in [6, 6.07) is 34.7. The van der Waals surface area contributed by atoms with Gasteiger partial charge in [-0.05, 0) is 55.3 Å². The van der Waals surface area contributed by atoms with E-state index in [0.29, 0.717) is 12.1 Å². The van der Waals surface area contributed by atoms with Gasteiger partial charge in [-0.3, -0.25) is 0 Å². The third-order valence-corrected chi connectivity index (χ3v) is 6.69. The van der Waals surface area contributed by atoms with Crippen LogP contribution in [-0.4, -0.2) is 0 Å². The predicted molar refractivity (Wildman–Crippen MR) is 120 cm³/mol. The quantitative estimate of drug-likeness (QED) is 0.265. The standard InChI is InChI=1S/C29H18/c1-2-10-20-19(9-1)17-18-24-23-13-5-8-16-27(23)29(28(20)24)25-14-6-3-11-21(25)22-12-4-7-15-26(22)29/h1-18H/i11T,18T. The number of benzene rings is 5. The van der Waals surface area contributed by atoms with Gasteiger partial charge in [0, 0.05) is 0 Å². The Labute approximate surface area is 172 Å². The predicted octanol–water partition coefficient (Wildman–Crippen LogP) is 7.18. The normalized spacial score (nSPS) is 18.8. The zero-order chi connectivity index (χ0) is 20.7. The van der Waals surface area contributed by atoms with Crippen molar-refractivity contribution in [3.63, 3.8) is 0 Å². The molecule has 0 saturated carbocycles. The van der Waals surface area contributed by atoms with Crippen LogP contribution in [0.4, 0.5) is 0 Å². The van der Waals surface area contributed by atoms with Gasteiger partial charge in [0.25, 0.3) is 0 Å². The molecule has 5 aromatic rings. The molecule has 1 atom stereocenters. The van der Waals surface area contributed by atoms with E-state index in [2.05, 4.69) is 72.8 Å². The summed E-state index contributed by atoms with van der Waals surface area (Å²) in [5, 5.41) is 2.27. The summed E-state index contributed by atoms with van der Waals surface area (Å²) in [6.45, 7) is 0. The van der Waals surface area contributed by atoms with Gasteiger partial charge in [0.1, 0.15) is 0 Å². The summed E-state index contributed by atoms with van der Waals surface area (Å²) in [5.74, 6) is 0. The average Bonchev–Trinajstić information content (AvgIpc) is 3.28. The molecule has 0 radical (unpaired) electrons. The Morgan fingerprint density at radius 3 is 1.86 bits per heavy atom. The molecule has 29 heavy (non-hydrogen) atoms. The fraction of sp³-hybridized carbons (Fsp3) is 0.0345. The summed E-state index contributed by atoms with van der Waals surface area (Å²) in [7, 11) is 0. The number of rotatable bonds is 0. The minimum Gasteiger partial charge on any atom is -0.0619 e. The van der Waals surface area contributed by atoms with Gasteiger partial charge in [-0.25, -0.2) is 0 Å². The number of hydrogen-bond donors (Lipinski definition) is 0. The Hall–Kier alpha value is -3.64. The van der Waals surface area contributed by atoms with Gasteiger partial charge in [-0.15, -0.1) is 0 Å². The van der Waals surface area contributed by atoms with E-state index in [1.54, 1.807) is 0 Å². The summed E-state index contributed by atoms with van der Waals surface area (Å²) in [6.07, 6.45) is 0. The van der Waals surface area contributed by atoms with Crippen molar-refractivity contribution in [2.24, 2.45) is 0 Å². The highest BCUT2D eigenvalue weighted by Gasteiger charge is 2.52. The minimum absolute atomic E-state index is 0.508.